The van der Waals surface area contributed by atoms with Crippen molar-refractivity contribution in [2.24, 2.45) is 5.10 Å². The molecule has 2 aromatic rings. The van der Waals surface area contributed by atoms with Crippen LogP contribution in [0.15, 0.2) is 28.7 Å². The van der Waals surface area contributed by atoms with Gasteiger partial charge >= 0.3 is 0 Å². The number of anilines is 3. The third-order valence-electron chi connectivity index (χ3n) is 2.99. The van der Waals surface area contributed by atoms with Crippen molar-refractivity contribution in [3.8, 4) is 0 Å². The first-order chi connectivity index (χ1) is 9.33. The molecule has 0 fully saturated rings. The van der Waals surface area contributed by atoms with Crippen LogP contribution in [0.25, 0.3) is 0 Å². The van der Waals surface area contributed by atoms with E-state index < -0.39 is 0 Å². The SMILES string of the molecule is Nc1csc(NN=Cc2cccc3c2NCCC3)n1. The topological polar surface area (TPSA) is 75.3 Å². The molecule has 6 heteroatoms. The van der Waals surface area contributed by atoms with Gasteiger partial charge in [-0.1, -0.05) is 18.2 Å². The standard InChI is InChI=1S/C13H15N5S/c14-11-8-19-13(17-11)18-16-7-10-4-1-3-9-5-2-6-15-12(9)10/h1,3-4,7-8,15H,2,5-6,14H2,(H,17,18). The highest BCUT2D eigenvalue weighted by molar-refractivity contribution is 7.14. The average Bonchev–Trinajstić information content (AvgIpc) is 2.85. The molecule has 98 valence electrons. The second kappa shape index (κ2) is 5.27. The molecule has 2 heterocycles. The number of nitrogens with one attached hydrogen (secondary N) is 2. The van der Waals surface area contributed by atoms with Crippen LogP contribution in [0.3, 0.4) is 0 Å². The molecule has 0 amide bonds. The quantitative estimate of drug-likeness (QED) is 0.593. The molecule has 0 spiro atoms. The first-order valence-corrected chi connectivity index (χ1v) is 7.07. The Kier molecular flexibility index (Phi) is 3.33. The number of aryl methyl sites for hydroxylation is 1. The largest absolute Gasteiger partial charge is 0.384 e. The van der Waals surface area contributed by atoms with Crippen LogP contribution in [0.2, 0.25) is 0 Å². The Morgan fingerprint density at radius 2 is 2.42 bits per heavy atom. The minimum Gasteiger partial charge on any atom is -0.384 e. The maximum Gasteiger partial charge on any atom is 0.205 e. The summed E-state index contributed by atoms with van der Waals surface area (Å²) in [6.07, 6.45) is 4.12. The van der Waals surface area contributed by atoms with Crippen molar-refractivity contribution in [1.29, 1.82) is 0 Å². The third-order valence-corrected chi connectivity index (χ3v) is 3.76. The molecule has 0 saturated heterocycles. The molecule has 1 aliphatic rings. The summed E-state index contributed by atoms with van der Waals surface area (Å²) < 4.78 is 0. The van der Waals surface area contributed by atoms with Crippen LogP contribution in [0.4, 0.5) is 16.6 Å². The van der Waals surface area contributed by atoms with Gasteiger partial charge < -0.3 is 11.1 Å². The maximum atomic E-state index is 5.55. The Balaban J connectivity index is 1.76. The number of hydrogen-bond donors (Lipinski definition) is 3. The number of rotatable bonds is 3. The number of fused-ring (bicyclic) bond motifs is 1. The van der Waals surface area contributed by atoms with E-state index in [9.17, 15) is 0 Å². The van der Waals surface area contributed by atoms with Crippen LogP contribution in [0.1, 0.15) is 17.5 Å². The highest BCUT2D eigenvalue weighted by Gasteiger charge is 2.10. The minimum atomic E-state index is 0.515. The normalized spacial score (nSPS) is 14.1. The van der Waals surface area contributed by atoms with Crippen LogP contribution in [0, 0.1) is 0 Å². The molecule has 0 saturated carbocycles. The molecular weight excluding hydrogens is 258 g/mol. The van der Waals surface area contributed by atoms with Gasteiger partial charge in [-0.3, -0.25) is 5.43 Å². The summed E-state index contributed by atoms with van der Waals surface area (Å²) in [7, 11) is 0. The van der Waals surface area contributed by atoms with Gasteiger partial charge in [0.2, 0.25) is 5.13 Å². The van der Waals surface area contributed by atoms with Gasteiger partial charge in [-0.15, -0.1) is 11.3 Å². The molecule has 0 atom stereocenters. The minimum absolute atomic E-state index is 0.515. The van der Waals surface area contributed by atoms with E-state index in [0.29, 0.717) is 10.9 Å². The zero-order valence-electron chi connectivity index (χ0n) is 10.4. The number of nitrogens with two attached hydrogens (primary N) is 1. The molecule has 19 heavy (non-hydrogen) atoms. The lowest BCUT2D eigenvalue weighted by Crippen LogP contribution is -2.13. The predicted octanol–water partition coefficient (Wildman–Crippen LogP) is 2.53. The highest BCUT2D eigenvalue weighted by Crippen LogP contribution is 2.25. The fourth-order valence-corrected chi connectivity index (χ4v) is 2.69. The number of nitrogen functional groups attached to an aromatic ring is 1. The Bertz CT molecular complexity index is 605. The Labute approximate surface area is 115 Å². The molecule has 0 aliphatic carbocycles. The second-order valence-corrected chi connectivity index (χ2v) is 5.22. The molecule has 1 aromatic heterocycles. The fourth-order valence-electron chi connectivity index (χ4n) is 2.14. The predicted molar refractivity (Wildman–Crippen MR) is 81.0 cm³/mol. The van der Waals surface area contributed by atoms with Gasteiger partial charge in [0.15, 0.2) is 0 Å². The third kappa shape index (κ3) is 2.68. The Morgan fingerprint density at radius 1 is 1.47 bits per heavy atom. The van der Waals surface area contributed by atoms with Gasteiger partial charge in [-0.25, -0.2) is 4.98 Å². The van der Waals surface area contributed by atoms with Crippen LogP contribution < -0.4 is 16.5 Å². The van der Waals surface area contributed by atoms with Gasteiger partial charge in [0.05, 0.1) is 6.21 Å². The summed E-state index contributed by atoms with van der Waals surface area (Å²) in [5.41, 5.74) is 12.1. The van der Waals surface area contributed by atoms with E-state index in [4.69, 9.17) is 5.73 Å². The van der Waals surface area contributed by atoms with Gasteiger partial charge in [-0.05, 0) is 18.4 Å². The lowest BCUT2D eigenvalue weighted by Gasteiger charge is -2.19. The van der Waals surface area contributed by atoms with Gasteiger partial charge in [-0.2, -0.15) is 5.10 Å². The lowest BCUT2D eigenvalue weighted by atomic mass is 10.00. The van der Waals surface area contributed by atoms with E-state index in [1.54, 1.807) is 5.38 Å². The fraction of sp³-hybridized carbons (Fsp3) is 0.231. The monoisotopic (exact) mass is 273 g/mol. The molecule has 1 aromatic carbocycles. The van der Waals surface area contributed by atoms with E-state index >= 15 is 0 Å². The van der Waals surface area contributed by atoms with E-state index in [2.05, 4.69) is 39.0 Å². The zero-order valence-corrected chi connectivity index (χ0v) is 11.2. The van der Waals surface area contributed by atoms with Crippen molar-refractivity contribution in [2.45, 2.75) is 12.8 Å². The van der Waals surface area contributed by atoms with Crippen LogP contribution >= 0.6 is 11.3 Å². The lowest BCUT2D eigenvalue weighted by molar-refractivity contribution is 0.830. The first kappa shape index (κ1) is 12.0. The van der Waals surface area contributed by atoms with E-state index in [1.807, 2.05) is 6.21 Å². The van der Waals surface area contributed by atoms with Gasteiger partial charge in [0.25, 0.3) is 0 Å². The zero-order chi connectivity index (χ0) is 13.1. The highest BCUT2D eigenvalue weighted by atomic mass is 32.1. The van der Waals surface area contributed by atoms with E-state index in [0.717, 1.165) is 18.5 Å². The van der Waals surface area contributed by atoms with Crippen molar-refractivity contribution >= 4 is 34.2 Å². The van der Waals surface area contributed by atoms with Crippen molar-refractivity contribution < 1.29 is 0 Å². The molecule has 1 aliphatic heterocycles. The summed E-state index contributed by atoms with van der Waals surface area (Å²) >= 11 is 1.44. The maximum absolute atomic E-state index is 5.55. The van der Waals surface area contributed by atoms with Crippen LogP contribution in [-0.4, -0.2) is 17.7 Å². The number of aromatic nitrogens is 1. The second-order valence-electron chi connectivity index (χ2n) is 4.36. The number of nitrogens with zero attached hydrogens (tertiary/aromatic N) is 2. The van der Waals surface area contributed by atoms with Crippen molar-refractivity contribution in [2.75, 3.05) is 23.0 Å². The average molecular weight is 273 g/mol. The number of hydrazone groups is 1. The number of thiazole rings is 1. The van der Waals surface area contributed by atoms with Crippen molar-refractivity contribution in [1.82, 2.24) is 4.98 Å². The number of benzene rings is 1. The van der Waals surface area contributed by atoms with Crippen LogP contribution in [-0.2, 0) is 6.42 Å². The number of para-hydroxylation sites is 1. The Morgan fingerprint density at radius 3 is 3.26 bits per heavy atom. The first-order valence-electron chi connectivity index (χ1n) is 6.19. The smallest absolute Gasteiger partial charge is 0.205 e. The summed E-state index contributed by atoms with van der Waals surface area (Å²) in [4.78, 5) is 4.09. The summed E-state index contributed by atoms with van der Waals surface area (Å²) in [6, 6.07) is 6.28. The van der Waals surface area contributed by atoms with E-state index in [1.165, 1.54) is 29.0 Å². The molecule has 0 radical (unpaired) electrons. The Hall–Kier alpha value is -2.08. The molecule has 5 nitrogen and oxygen atoms in total. The van der Waals surface area contributed by atoms with Crippen molar-refractivity contribution in [3.05, 3.63) is 34.7 Å². The molecule has 0 unspecified atom stereocenters. The van der Waals surface area contributed by atoms with Crippen molar-refractivity contribution in [3.63, 3.8) is 0 Å². The molecule has 3 rings (SSSR count). The van der Waals surface area contributed by atoms with Gasteiger partial charge in [0.1, 0.15) is 5.82 Å². The van der Waals surface area contributed by atoms with Crippen LogP contribution in [0.5, 0.6) is 0 Å². The summed E-state index contributed by atoms with van der Waals surface area (Å²) in [5, 5.41) is 10.1. The van der Waals surface area contributed by atoms with E-state index in [-0.39, 0.29) is 0 Å². The summed E-state index contributed by atoms with van der Waals surface area (Å²) in [5.74, 6) is 0.515. The molecule has 0 bridgehead atoms. The summed E-state index contributed by atoms with van der Waals surface area (Å²) in [6.45, 7) is 1.02. The molecule has 4 N–H and O–H groups in total. The van der Waals surface area contributed by atoms with Gasteiger partial charge in [0, 0.05) is 23.2 Å². The number of hydrogen-bond acceptors (Lipinski definition) is 6. The molecular formula is C13H15N5S.